The first-order chi connectivity index (χ1) is 13.6. The number of carbonyl (C=O) groups is 1. The van der Waals surface area contributed by atoms with Gasteiger partial charge in [0, 0.05) is 41.9 Å². The average Bonchev–Trinajstić information content (AvgIpc) is 3.22. The number of amides is 1. The number of nitro benzene ring substituents is 1. The fourth-order valence-electron chi connectivity index (χ4n) is 2.42. The van der Waals surface area contributed by atoms with E-state index in [2.05, 4.69) is 15.6 Å². The topological polar surface area (TPSA) is 106 Å². The molecule has 3 rings (SSSR count). The van der Waals surface area contributed by atoms with E-state index in [1.807, 2.05) is 24.3 Å². The summed E-state index contributed by atoms with van der Waals surface area (Å²) in [4.78, 5) is 26.8. The molecule has 0 aliphatic rings. The van der Waals surface area contributed by atoms with Gasteiger partial charge in [-0.3, -0.25) is 14.9 Å². The quantitative estimate of drug-likeness (QED) is 0.341. The molecule has 0 saturated carbocycles. The maximum absolute atomic E-state index is 12.2. The van der Waals surface area contributed by atoms with Crippen LogP contribution in [0.2, 0.25) is 0 Å². The number of nitrogens with one attached hydrogen (secondary N) is 2. The highest BCUT2D eigenvalue weighted by molar-refractivity contribution is 7.13. The Morgan fingerprint density at radius 3 is 2.50 bits per heavy atom. The minimum absolute atomic E-state index is 0.0371. The third-order valence-corrected chi connectivity index (χ3v) is 4.78. The van der Waals surface area contributed by atoms with Gasteiger partial charge in [0.15, 0.2) is 0 Å². The molecular formula is C19H18N4O4S. The van der Waals surface area contributed by atoms with E-state index in [0.29, 0.717) is 18.8 Å². The molecule has 8 nitrogen and oxygen atoms in total. The Balaban J connectivity index is 1.48. The molecule has 0 aliphatic carbocycles. The van der Waals surface area contributed by atoms with Crippen LogP contribution in [-0.2, 0) is 0 Å². The lowest BCUT2D eigenvalue weighted by Gasteiger charge is -2.07. The third kappa shape index (κ3) is 4.83. The molecule has 0 spiro atoms. The summed E-state index contributed by atoms with van der Waals surface area (Å²) in [6, 6.07) is 13.6. The smallest absolute Gasteiger partial charge is 0.270 e. The molecule has 1 amide bonds. The molecule has 0 atom stereocenters. The molecule has 0 unspecified atom stereocenters. The van der Waals surface area contributed by atoms with Gasteiger partial charge in [-0.2, -0.15) is 0 Å². The number of hydrogen-bond donors (Lipinski definition) is 2. The summed E-state index contributed by atoms with van der Waals surface area (Å²) >= 11 is 1.40. The predicted octanol–water partition coefficient (Wildman–Crippen LogP) is 3.57. The van der Waals surface area contributed by atoms with Gasteiger partial charge in [0.1, 0.15) is 16.5 Å². The highest BCUT2D eigenvalue weighted by Crippen LogP contribution is 2.25. The molecule has 2 aromatic carbocycles. The second-order valence-electron chi connectivity index (χ2n) is 5.75. The molecule has 144 valence electrons. The lowest BCUT2D eigenvalue weighted by Crippen LogP contribution is -2.28. The molecule has 28 heavy (non-hydrogen) atoms. The molecule has 0 saturated heterocycles. The number of anilines is 1. The van der Waals surface area contributed by atoms with Gasteiger partial charge >= 0.3 is 0 Å². The summed E-state index contributed by atoms with van der Waals surface area (Å²) in [5, 5.41) is 19.0. The maximum Gasteiger partial charge on any atom is 0.270 e. The zero-order valence-corrected chi connectivity index (χ0v) is 15.9. The molecule has 0 bridgehead atoms. The van der Waals surface area contributed by atoms with Gasteiger partial charge in [-0.1, -0.05) is 0 Å². The highest BCUT2D eigenvalue weighted by atomic mass is 32.1. The monoisotopic (exact) mass is 398 g/mol. The van der Waals surface area contributed by atoms with Crippen LogP contribution in [0.3, 0.4) is 0 Å². The van der Waals surface area contributed by atoms with Crippen LogP contribution in [0.15, 0.2) is 53.9 Å². The first-order valence-electron chi connectivity index (χ1n) is 8.43. The van der Waals surface area contributed by atoms with Gasteiger partial charge in [0.25, 0.3) is 11.6 Å². The number of nitro groups is 1. The molecule has 2 N–H and O–H groups in total. The number of benzene rings is 2. The third-order valence-electron chi connectivity index (χ3n) is 3.89. The van der Waals surface area contributed by atoms with E-state index in [0.717, 1.165) is 22.0 Å². The van der Waals surface area contributed by atoms with Crippen LogP contribution in [0, 0.1) is 10.1 Å². The van der Waals surface area contributed by atoms with E-state index >= 15 is 0 Å². The van der Waals surface area contributed by atoms with E-state index in [-0.39, 0.29) is 11.6 Å². The standard InChI is InChI=1S/C19H18N4O4S/c1-27-16-8-2-13(3-9-16)19-22-17(12-28-19)18(24)21-11-10-20-14-4-6-15(7-5-14)23(25)26/h2-9,12,20H,10-11H2,1H3,(H,21,24). The predicted molar refractivity (Wildman–Crippen MR) is 108 cm³/mol. The maximum atomic E-state index is 12.2. The van der Waals surface area contributed by atoms with E-state index in [9.17, 15) is 14.9 Å². The Kier molecular flexibility index (Phi) is 6.18. The second kappa shape index (κ2) is 8.96. The van der Waals surface area contributed by atoms with Gasteiger partial charge in [0.05, 0.1) is 12.0 Å². The van der Waals surface area contributed by atoms with E-state index < -0.39 is 4.92 Å². The highest BCUT2D eigenvalue weighted by Gasteiger charge is 2.11. The lowest BCUT2D eigenvalue weighted by molar-refractivity contribution is -0.384. The Labute approximate surface area is 165 Å². The SMILES string of the molecule is COc1ccc(-c2nc(C(=O)NCCNc3ccc([N+](=O)[O-])cc3)cs2)cc1. The van der Waals surface area contributed by atoms with Crippen LogP contribution in [0.4, 0.5) is 11.4 Å². The Morgan fingerprint density at radius 2 is 1.86 bits per heavy atom. The zero-order valence-electron chi connectivity index (χ0n) is 15.0. The lowest BCUT2D eigenvalue weighted by atomic mass is 10.2. The summed E-state index contributed by atoms with van der Waals surface area (Å²) in [5.74, 6) is 0.514. The summed E-state index contributed by atoms with van der Waals surface area (Å²) in [6.07, 6.45) is 0. The van der Waals surface area contributed by atoms with Gasteiger partial charge < -0.3 is 15.4 Å². The molecule has 1 heterocycles. The van der Waals surface area contributed by atoms with Gasteiger partial charge in [0.2, 0.25) is 0 Å². The number of thiazole rings is 1. The van der Waals surface area contributed by atoms with Gasteiger partial charge in [-0.15, -0.1) is 11.3 Å². The molecule has 3 aromatic rings. The van der Waals surface area contributed by atoms with E-state index in [1.165, 1.54) is 23.5 Å². The van der Waals surface area contributed by atoms with E-state index in [1.54, 1.807) is 24.6 Å². The van der Waals surface area contributed by atoms with Crippen molar-refractivity contribution in [1.29, 1.82) is 0 Å². The van der Waals surface area contributed by atoms with Crippen molar-refractivity contribution in [2.24, 2.45) is 0 Å². The minimum Gasteiger partial charge on any atom is -0.497 e. The van der Waals surface area contributed by atoms with E-state index in [4.69, 9.17) is 4.74 Å². The van der Waals surface area contributed by atoms with Crippen LogP contribution in [0.1, 0.15) is 10.5 Å². The average molecular weight is 398 g/mol. The van der Waals surface area contributed by atoms with Crippen molar-refractivity contribution in [3.8, 4) is 16.3 Å². The van der Waals surface area contributed by atoms with Crippen molar-refractivity contribution in [2.45, 2.75) is 0 Å². The zero-order chi connectivity index (χ0) is 19.9. The second-order valence-corrected chi connectivity index (χ2v) is 6.61. The fraction of sp³-hybridized carbons (Fsp3) is 0.158. The van der Waals surface area contributed by atoms with Crippen LogP contribution >= 0.6 is 11.3 Å². The Bertz CT molecular complexity index is 955. The number of carbonyl (C=O) groups excluding carboxylic acids is 1. The Hall–Kier alpha value is -3.46. The summed E-state index contributed by atoms with van der Waals surface area (Å²) in [6.45, 7) is 0.879. The van der Waals surface area contributed by atoms with Crippen LogP contribution in [0.25, 0.3) is 10.6 Å². The molecule has 0 aliphatic heterocycles. The minimum atomic E-state index is -0.446. The molecule has 0 radical (unpaired) electrons. The molecule has 9 heteroatoms. The number of methoxy groups -OCH3 is 1. The number of rotatable bonds is 8. The number of non-ortho nitro benzene ring substituents is 1. The first-order valence-corrected chi connectivity index (χ1v) is 9.31. The molecule has 1 aromatic heterocycles. The van der Waals surface area contributed by atoms with Crippen molar-refractivity contribution in [2.75, 3.05) is 25.5 Å². The molecule has 0 fully saturated rings. The summed E-state index contributed by atoms with van der Waals surface area (Å²) < 4.78 is 5.13. The summed E-state index contributed by atoms with van der Waals surface area (Å²) in [5.41, 5.74) is 2.07. The van der Waals surface area contributed by atoms with Crippen LogP contribution < -0.4 is 15.4 Å². The van der Waals surface area contributed by atoms with Gasteiger partial charge in [-0.25, -0.2) is 4.98 Å². The van der Waals surface area contributed by atoms with Crippen molar-refractivity contribution in [1.82, 2.24) is 10.3 Å². The van der Waals surface area contributed by atoms with Crippen molar-refractivity contribution >= 4 is 28.6 Å². The van der Waals surface area contributed by atoms with Gasteiger partial charge in [-0.05, 0) is 36.4 Å². The first kappa shape index (κ1) is 19.3. The summed E-state index contributed by atoms with van der Waals surface area (Å²) in [7, 11) is 1.61. The molecular weight excluding hydrogens is 380 g/mol. The number of aromatic nitrogens is 1. The van der Waals surface area contributed by atoms with Crippen molar-refractivity contribution in [3.63, 3.8) is 0 Å². The Morgan fingerprint density at radius 1 is 1.14 bits per heavy atom. The number of ether oxygens (including phenoxy) is 1. The fourth-order valence-corrected chi connectivity index (χ4v) is 3.22. The van der Waals surface area contributed by atoms with Crippen molar-refractivity contribution in [3.05, 3.63) is 69.7 Å². The number of nitrogens with zero attached hydrogens (tertiary/aromatic N) is 2. The largest absolute Gasteiger partial charge is 0.497 e. The van der Waals surface area contributed by atoms with Crippen LogP contribution in [0.5, 0.6) is 5.75 Å². The normalized spacial score (nSPS) is 10.3. The van der Waals surface area contributed by atoms with Crippen molar-refractivity contribution < 1.29 is 14.5 Å². The number of hydrogen-bond acceptors (Lipinski definition) is 7. The van der Waals surface area contributed by atoms with Crippen LogP contribution in [-0.4, -0.2) is 36.0 Å².